The number of hydrogen-bond donors (Lipinski definition) is 1. The van der Waals surface area contributed by atoms with Crippen LogP contribution in [0.15, 0.2) is 64.4 Å². The molecule has 14 heteroatoms. The average Bonchev–Trinajstić information content (AvgIpc) is 3.15. The molecule has 2 aliphatic heterocycles. The summed E-state index contributed by atoms with van der Waals surface area (Å²) in [6.45, 7) is 0.246. The first-order valence-corrected chi connectivity index (χ1v) is 14.0. The number of alkyl halides is 3. The number of benzene rings is 2. The highest BCUT2D eigenvalue weighted by Gasteiger charge is 2.45. The molecule has 3 heterocycles. The minimum atomic E-state index is -4.67. The van der Waals surface area contributed by atoms with Gasteiger partial charge in [0.15, 0.2) is 5.69 Å². The molecular formula is C28H27ClF3N3O6S. The van der Waals surface area contributed by atoms with Gasteiger partial charge in [0.2, 0.25) is 11.2 Å². The van der Waals surface area contributed by atoms with Crippen LogP contribution in [0, 0.1) is 0 Å². The van der Waals surface area contributed by atoms with Gasteiger partial charge >= 0.3 is 12.3 Å². The monoisotopic (exact) mass is 625 g/mol. The van der Waals surface area contributed by atoms with Gasteiger partial charge in [-0.15, -0.1) is 11.8 Å². The van der Waals surface area contributed by atoms with E-state index in [1.165, 1.54) is 28.7 Å². The predicted molar refractivity (Wildman–Crippen MR) is 151 cm³/mol. The number of halogens is 4. The molecule has 0 radical (unpaired) electrons. The first kappa shape index (κ1) is 31.3. The van der Waals surface area contributed by atoms with Gasteiger partial charge in [-0.25, -0.2) is 4.79 Å². The fraction of sp³-hybridized carbons (Fsp3) is 0.321. The fourth-order valence-electron chi connectivity index (χ4n) is 4.20. The number of hydrogen-bond acceptors (Lipinski definition) is 8. The predicted octanol–water partition coefficient (Wildman–Crippen LogP) is 5.45. The minimum Gasteiger partial charge on any atom is -0.432 e. The van der Waals surface area contributed by atoms with Crippen molar-refractivity contribution in [1.82, 2.24) is 9.58 Å². The van der Waals surface area contributed by atoms with E-state index in [0.29, 0.717) is 4.90 Å². The number of thioether (sulfide) groups is 1. The lowest BCUT2D eigenvalue weighted by atomic mass is 10.0. The van der Waals surface area contributed by atoms with Gasteiger partial charge in [0.25, 0.3) is 5.91 Å². The van der Waals surface area contributed by atoms with Crippen LogP contribution in [-0.2, 0) is 21.6 Å². The zero-order chi connectivity index (χ0) is 30.4. The van der Waals surface area contributed by atoms with Gasteiger partial charge in [0.1, 0.15) is 19.3 Å². The minimum absolute atomic E-state index is 0.0678. The number of carbonyl (C=O) groups is 2. The Bertz CT molecular complexity index is 1520. The Morgan fingerprint density at radius 2 is 1.83 bits per heavy atom. The maximum atomic E-state index is 12.9. The van der Waals surface area contributed by atoms with E-state index >= 15 is 0 Å². The molecule has 0 bridgehead atoms. The van der Waals surface area contributed by atoms with Gasteiger partial charge in [0, 0.05) is 35.0 Å². The first-order valence-electron chi connectivity index (χ1n) is 12.7. The maximum Gasteiger partial charge on any atom is 0.514 e. The van der Waals surface area contributed by atoms with Gasteiger partial charge in [-0.1, -0.05) is 41.9 Å². The van der Waals surface area contributed by atoms with E-state index in [4.69, 9.17) is 16.3 Å². The van der Waals surface area contributed by atoms with E-state index in [2.05, 4.69) is 45.2 Å². The van der Waals surface area contributed by atoms with Crippen LogP contribution in [0.4, 0.5) is 18.0 Å². The number of carbonyl (C=O) groups excluding carboxylic acids is 2. The third-order valence-electron chi connectivity index (χ3n) is 6.50. The number of nitrogens with zero attached hydrogens (tertiary/aromatic N) is 2. The molecule has 0 saturated carbocycles. The van der Waals surface area contributed by atoms with Gasteiger partial charge in [-0.2, -0.15) is 13.2 Å². The van der Waals surface area contributed by atoms with E-state index in [1.807, 2.05) is 23.9 Å². The molecule has 1 amide bonds. The number of rotatable bonds is 5. The number of aromatic nitrogens is 1. The lowest BCUT2D eigenvalue weighted by Crippen LogP contribution is -2.54. The normalized spacial score (nSPS) is 14.6. The van der Waals surface area contributed by atoms with E-state index in [9.17, 15) is 27.6 Å². The molecular weight excluding hydrogens is 599 g/mol. The van der Waals surface area contributed by atoms with Crippen LogP contribution in [0.2, 0.25) is 5.02 Å². The quantitative estimate of drug-likeness (QED) is 0.295. The Hall–Kier alpha value is -3.68. The average molecular weight is 626 g/mol. The molecule has 0 saturated heterocycles. The molecule has 42 heavy (non-hydrogen) atoms. The second-order valence-corrected chi connectivity index (χ2v) is 10.6. The summed E-state index contributed by atoms with van der Waals surface area (Å²) in [5.74, 6) is -0.871. The standard InChI is InChI=1S/C14H11ClS.C14H16F3N3O6/c15-13-6-3-5-10-8-11-4-1-2-7-14(11)16-9-12(10)13;1-8(14(15,16)17)19-7-18-20-4-3-9(21)11(10(20)12(19)22)26-13(23)25-6-5-24-2/h1-7H,8-9H2;3-4,8,18H,5-7H2,1-2H3/t;8-/m.1/s1. The summed E-state index contributed by atoms with van der Waals surface area (Å²) in [6, 6.07) is 13.7. The lowest BCUT2D eigenvalue weighted by Gasteiger charge is -2.36. The highest BCUT2D eigenvalue weighted by Crippen LogP contribution is 2.36. The zero-order valence-corrected chi connectivity index (χ0v) is 24.1. The third-order valence-corrected chi connectivity index (χ3v) is 8.00. The van der Waals surface area contributed by atoms with Gasteiger partial charge < -0.3 is 24.5 Å². The van der Waals surface area contributed by atoms with Gasteiger partial charge in [-0.3, -0.25) is 14.3 Å². The topological polar surface area (TPSA) is 99.1 Å². The van der Waals surface area contributed by atoms with Crippen LogP contribution >= 0.6 is 23.4 Å². The van der Waals surface area contributed by atoms with Crippen LogP contribution in [0.3, 0.4) is 0 Å². The van der Waals surface area contributed by atoms with Crippen molar-refractivity contribution in [2.24, 2.45) is 0 Å². The van der Waals surface area contributed by atoms with Crippen molar-refractivity contribution < 1.29 is 37.0 Å². The van der Waals surface area contributed by atoms with Crippen molar-refractivity contribution >= 4 is 35.4 Å². The summed E-state index contributed by atoms with van der Waals surface area (Å²) in [6.07, 6.45) is -3.82. The number of pyridine rings is 1. The Labute approximate surface area is 248 Å². The summed E-state index contributed by atoms with van der Waals surface area (Å²) >= 11 is 8.13. The number of ether oxygens (including phenoxy) is 3. The molecule has 2 aliphatic rings. The second-order valence-electron chi connectivity index (χ2n) is 9.18. The third kappa shape index (κ3) is 7.20. The number of methoxy groups -OCH3 is 1. The Kier molecular flexibility index (Phi) is 10.1. The highest BCUT2D eigenvalue weighted by atomic mass is 35.5. The van der Waals surface area contributed by atoms with Crippen molar-refractivity contribution in [1.29, 1.82) is 0 Å². The molecule has 5 rings (SSSR count). The van der Waals surface area contributed by atoms with Crippen molar-refractivity contribution in [2.75, 3.05) is 32.4 Å². The van der Waals surface area contributed by atoms with Crippen LogP contribution in [0.1, 0.15) is 34.1 Å². The van der Waals surface area contributed by atoms with E-state index < -0.39 is 47.8 Å². The Morgan fingerprint density at radius 3 is 2.57 bits per heavy atom. The summed E-state index contributed by atoms with van der Waals surface area (Å²) in [5.41, 5.74) is 5.19. The van der Waals surface area contributed by atoms with Gasteiger partial charge in [-0.05, 0) is 42.2 Å². The van der Waals surface area contributed by atoms with Crippen molar-refractivity contribution in [3.05, 3.63) is 92.4 Å². The zero-order valence-electron chi connectivity index (χ0n) is 22.6. The van der Waals surface area contributed by atoms with Crippen LogP contribution in [0.5, 0.6) is 5.75 Å². The van der Waals surface area contributed by atoms with Crippen LogP contribution in [-0.4, -0.2) is 60.8 Å². The molecule has 1 aromatic heterocycles. The molecule has 2 aromatic carbocycles. The Morgan fingerprint density at radius 1 is 1.10 bits per heavy atom. The molecule has 0 spiro atoms. The first-order chi connectivity index (χ1) is 20.0. The summed E-state index contributed by atoms with van der Waals surface area (Å²) < 4.78 is 53.9. The fourth-order valence-corrected chi connectivity index (χ4v) is 5.68. The maximum absolute atomic E-state index is 12.9. The van der Waals surface area contributed by atoms with Gasteiger partial charge in [0.05, 0.1) is 6.61 Å². The molecule has 0 fully saturated rings. The van der Waals surface area contributed by atoms with Crippen molar-refractivity contribution in [2.45, 2.75) is 36.2 Å². The molecule has 1 N–H and O–H groups in total. The SMILES string of the molecule is COCCOC(=O)Oc1c2n(ccc1=O)NCN([C@H](C)C(F)(F)F)C2=O.Clc1cccc2c1CSc1ccccc1C2. The molecule has 1 atom stereocenters. The highest BCUT2D eigenvalue weighted by molar-refractivity contribution is 7.98. The van der Waals surface area contributed by atoms with Crippen molar-refractivity contribution in [3.63, 3.8) is 0 Å². The summed E-state index contributed by atoms with van der Waals surface area (Å²) in [5, 5.41) is 0.901. The largest absolute Gasteiger partial charge is 0.514 e. The van der Waals surface area contributed by atoms with E-state index in [0.717, 1.165) is 41.1 Å². The lowest BCUT2D eigenvalue weighted by molar-refractivity contribution is -0.172. The smallest absolute Gasteiger partial charge is 0.432 e. The van der Waals surface area contributed by atoms with Crippen LogP contribution in [0.25, 0.3) is 0 Å². The molecule has 0 unspecified atom stereocenters. The summed E-state index contributed by atoms with van der Waals surface area (Å²) in [7, 11) is 1.37. The number of fused-ring (bicyclic) bond motifs is 3. The number of amides is 1. The molecule has 3 aromatic rings. The van der Waals surface area contributed by atoms with E-state index in [1.54, 1.807) is 0 Å². The number of nitrogens with one attached hydrogen (secondary N) is 1. The van der Waals surface area contributed by atoms with Crippen molar-refractivity contribution in [3.8, 4) is 5.75 Å². The van der Waals surface area contributed by atoms with Crippen LogP contribution < -0.4 is 15.6 Å². The summed E-state index contributed by atoms with van der Waals surface area (Å²) in [4.78, 5) is 38.0. The Balaban J connectivity index is 0.000000214. The molecule has 224 valence electrons. The molecule has 9 nitrogen and oxygen atoms in total. The van der Waals surface area contributed by atoms with E-state index in [-0.39, 0.29) is 13.2 Å². The molecule has 0 aliphatic carbocycles. The second kappa shape index (κ2) is 13.5.